The molecule has 0 bridgehead atoms. The number of hydrogen-bond acceptors (Lipinski definition) is 3. The first kappa shape index (κ1) is 14.7. The van der Waals surface area contributed by atoms with Crippen LogP contribution in [0.25, 0.3) is 0 Å². The van der Waals surface area contributed by atoms with Crippen molar-refractivity contribution < 1.29 is 4.79 Å². The fourth-order valence-corrected chi connectivity index (χ4v) is 3.27. The number of para-hydroxylation sites is 1. The molecule has 0 aromatic heterocycles. The van der Waals surface area contributed by atoms with Gasteiger partial charge in [0.25, 0.3) is 5.91 Å². The molecule has 4 rings (SSSR count). The third kappa shape index (κ3) is 2.60. The van der Waals surface area contributed by atoms with Crippen LogP contribution in [-0.4, -0.2) is 29.7 Å². The Balaban J connectivity index is 1.71. The zero-order chi connectivity index (χ0) is 16.5. The average Bonchev–Trinajstić information content (AvgIpc) is 2.92. The van der Waals surface area contributed by atoms with Crippen LogP contribution >= 0.6 is 0 Å². The number of nitrogens with zero attached hydrogens (tertiary/aromatic N) is 3. The minimum atomic E-state index is 0.0104. The van der Waals surface area contributed by atoms with Crippen molar-refractivity contribution in [3.05, 3.63) is 77.6 Å². The molecule has 0 N–H and O–H groups in total. The lowest BCUT2D eigenvalue weighted by atomic mass is 10.0. The van der Waals surface area contributed by atoms with Gasteiger partial charge in [-0.25, -0.2) is 4.99 Å². The highest BCUT2D eigenvalue weighted by molar-refractivity contribution is 6.40. The van der Waals surface area contributed by atoms with Crippen LogP contribution < -0.4 is 4.90 Å². The molecule has 0 saturated heterocycles. The highest BCUT2D eigenvalue weighted by atomic mass is 16.2. The third-order valence-electron chi connectivity index (χ3n) is 4.48. The van der Waals surface area contributed by atoms with E-state index in [1.807, 2.05) is 36.4 Å². The SMILES string of the molecule is CC1=NC2=C(Cc3ccccc3)CN(c3ccccc3)CN2C1=O. The van der Waals surface area contributed by atoms with E-state index < -0.39 is 0 Å². The summed E-state index contributed by atoms with van der Waals surface area (Å²) in [5.41, 5.74) is 4.12. The van der Waals surface area contributed by atoms with Gasteiger partial charge < -0.3 is 4.90 Å². The van der Waals surface area contributed by atoms with E-state index >= 15 is 0 Å². The normalized spacial score (nSPS) is 17.2. The molecule has 0 saturated carbocycles. The number of hydrogen-bond donors (Lipinski definition) is 0. The van der Waals surface area contributed by atoms with Crippen molar-refractivity contribution in [3.63, 3.8) is 0 Å². The maximum Gasteiger partial charge on any atom is 0.275 e. The van der Waals surface area contributed by atoms with Crippen molar-refractivity contribution in [1.29, 1.82) is 0 Å². The van der Waals surface area contributed by atoms with Gasteiger partial charge in [0.2, 0.25) is 0 Å². The third-order valence-corrected chi connectivity index (χ3v) is 4.48. The summed E-state index contributed by atoms with van der Waals surface area (Å²) in [4.78, 5) is 21.0. The summed E-state index contributed by atoms with van der Waals surface area (Å²) in [7, 11) is 0. The lowest BCUT2D eigenvalue weighted by Gasteiger charge is -2.36. The Bertz CT molecular complexity index is 824. The lowest BCUT2D eigenvalue weighted by molar-refractivity contribution is -0.121. The molecule has 2 aliphatic rings. The van der Waals surface area contributed by atoms with Crippen LogP contribution in [0.3, 0.4) is 0 Å². The second kappa shape index (κ2) is 5.96. The standard InChI is InChI=1S/C20H19N3O/c1-15-20(24)23-14-22(18-10-6-3-7-11-18)13-17(19(23)21-15)12-16-8-4-2-5-9-16/h2-11H,12-14H2,1H3. The number of amides is 1. The molecule has 0 atom stereocenters. The first-order valence-corrected chi connectivity index (χ1v) is 8.15. The summed E-state index contributed by atoms with van der Waals surface area (Å²) in [5.74, 6) is 0.852. The van der Waals surface area contributed by atoms with Crippen molar-refractivity contribution in [2.45, 2.75) is 13.3 Å². The molecule has 2 aliphatic heterocycles. The van der Waals surface area contributed by atoms with E-state index in [0.29, 0.717) is 12.4 Å². The molecule has 4 heteroatoms. The minimum absolute atomic E-state index is 0.0104. The van der Waals surface area contributed by atoms with E-state index in [1.54, 1.807) is 11.8 Å². The van der Waals surface area contributed by atoms with E-state index in [4.69, 9.17) is 0 Å². The summed E-state index contributed by atoms with van der Waals surface area (Å²) in [6.07, 6.45) is 0.806. The molecule has 0 radical (unpaired) electrons. The van der Waals surface area contributed by atoms with Gasteiger partial charge in [-0.05, 0) is 36.6 Å². The minimum Gasteiger partial charge on any atom is -0.349 e. The Morgan fingerprint density at radius 2 is 1.67 bits per heavy atom. The maximum absolute atomic E-state index is 12.4. The predicted octanol–water partition coefficient (Wildman–Crippen LogP) is 3.22. The van der Waals surface area contributed by atoms with Crippen LogP contribution in [0.5, 0.6) is 0 Å². The number of rotatable bonds is 3. The number of aliphatic imine (C=N–C) groups is 1. The van der Waals surface area contributed by atoms with Gasteiger partial charge in [0.1, 0.15) is 18.2 Å². The van der Waals surface area contributed by atoms with E-state index in [9.17, 15) is 4.79 Å². The van der Waals surface area contributed by atoms with Crippen LogP contribution in [-0.2, 0) is 11.2 Å². The fourth-order valence-electron chi connectivity index (χ4n) is 3.27. The quantitative estimate of drug-likeness (QED) is 0.871. The molecule has 0 spiro atoms. The van der Waals surface area contributed by atoms with Crippen molar-refractivity contribution in [2.24, 2.45) is 4.99 Å². The second-order valence-electron chi connectivity index (χ2n) is 6.19. The Hall–Kier alpha value is -2.88. The largest absolute Gasteiger partial charge is 0.349 e. The van der Waals surface area contributed by atoms with Crippen LogP contribution in [0.4, 0.5) is 5.69 Å². The molecule has 2 heterocycles. The molecular formula is C20H19N3O. The molecule has 120 valence electrons. The molecule has 24 heavy (non-hydrogen) atoms. The molecule has 1 amide bonds. The second-order valence-corrected chi connectivity index (χ2v) is 6.19. The average molecular weight is 317 g/mol. The number of anilines is 1. The molecule has 0 fully saturated rings. The van der Waals surface area contributed by atoms with E-state index in [0.717, 1.165) is 24.5 Å². The summed E-state index contributed by atoms with van der Waals surface area (Å²) >= 11 is 0. The van der Waals surface area contributed by atoms with Crippen molar-refractivity contribution in [2.75, 3.05) is 18.1 Å². The highest BCUT2D eigenvalue weighted by Gasteiger charge is 2.35. The van der Waals surface area contributed by atoms with Gasteiger partial charge in [-0.3, -0.25) is 9.69 Å². The topological polar surface area (TPSA) is 35.9 Å². The summed E-state index contributed by atoms with van der Waals surface area (Å²) in [6, 6.07) is 20.6. The molecular weight excluding hydrogens is 298 g/mol. The molecule has 2 aromatic rings. The smallest absolute Gasteiger partial charge is 0.275 e. The number of fused-ring (bicyclic) bond motifs is 1. The zero-order valence-corrected chi connectivity index (χ0v) is 13.6. The Morgan fingerprint density at radius 1 is 1.00 bits per heavy atom. The van der Waals surface area contributed by atoms with Gasteiger partial charge in [0, 0.05) is 12.2 Å². The number of benzene rings is 2. The predicted molar refractivity (Wildman–Crippen MR) is 95.8 cm³/mol. The molecule has 0 unspecified atom stereocenters. The van der Waals surface area contributed by atoms with Gasteiger partial charge in [0.15, 0.2) is 0 Å². The summed E-state index contributed by atoms with van der Waals surface area (Å²) in [5, 5.41) is 0. The molecule has 0 aliphatic carbocycles. The van der Waals surface area contributed by atoms with Crippen molar-refractivity contribution >= 4 is 17.3 Å². The van der Waals surface area contributed by atoms with Gasteiger partial charge in [-0.1, -0.05) is 48.5 Å². The maximum atomic E-state index is 12.4. The Morgan fingerprint density at radius 3 is 2.38 bits per heavy atom. The highest BCUT2D eigenvalue weighted by Crippen LogP contribution is 2.30. The first-order chi connectivity index (χ1) is 11.7. The molecule has 2 aromatic carbocycles. The molecule has 4 nitrogen and oxygen atoms in total. The van der Waals surface area contributed by atoms with E-state index in [2.05, 4.69) is 34.2 Å². The van der Waals surface area contributed by atoms with Crippen molar-refractivity contribution in [1.82, 2.24) is 4.90 Å². The monoisotopic (exact) mass is 317 g/mol. The van der Waals surface area contributed by atoms with E-state index in [1.165, 1.54) is 11.1 Å². The van der Waals surface area contributed by atoms with Crippen LogP contribution in [0, 0.1) is 0 Å². The van der Waals surface area contributed by atoms with Crippen molar-refractivity contribution in [3.8, 4) is 0 Å². The Labute approximate surface area is 141 Å². The lowest BCUT2D eigenvalue weighted by Crippen LogP contribution is -2.45. The van der Waals surface area contributed by atoms with Gasteiger partial charge in [-0.2, -0.15) is 0 Å². The van der Waals surface area contributed by atoms with Crippen LogP contribution in [0.2, 0.25) is 0 Å². The number of carbonyl (C=O) groups excluding carboxylic acids is 1. The van der Waals surface area contributed by atoms with E-state index in [-0.39, 0.29) is 5.91 Å². The van der Waals surface area contributed by atoms with Gasteiger partial charge in [-0.15, -0.1) is 0 Å². The summed E-state index contributed by atoms with van der Waals surface area (Å²) < 4.78 is 0. The van der Waals surface area contributed by atoms with Gasteiger partial charge in [0.05, 0.1) is 0 Å². The Kier molecular flexibility index (Phi) is 3.65. The van der Waals surface area contributed by atoms with Crippen LogP contribution in [0.15, 0.2) is 77.1 Å². The van der Waals surface area contributed by atoms with Gasteiger partial charge >= 0.3 is 0 Å². The number of carbonyl (C=O) groups is 1. The zero-order valence-electron chi connectivity index (χ0n) is 13.6. The summed E-state index contributed by atoms with van der Waals surface area (Å²) in [6.45, 7) is 3.13. The first-order valence-electron chi connectivity index (χ1n) is 8.15. The van der Waals surface area contributed by atoms with Crippen LogP contribution in [0.1, 0.15) is 12.5 Å². The fraction of sp³-hybridized carbons (Fsp3) is 0.200.